The van der Waals surface area contributed by atoms with E-state index in [-0.39, 0.29) is 24.0 Å². The van der Waals surface area contributed by atoms with Crippen LogP contribution in [-0.4, -0.2) is 46.4 Å². The van der Waals surface area contributed by atoms with E-state index in [1.54, 1.807) is 6.33 Å². The van der Waals surface area contributed by atoms with E-state index in [9.17, 15) is 0 Å². The summed E-state index contributed by atoms with van der Waals surface area (Å²) in [5.74, 6) is 1.93. The summed E-state index contributed by atoms with van der Waals surface area (Å²) in [6, 6.07) is 9.03. The third kappa shape index (κ3) is 5.03. The van der Waals surface area contributed by atoms with E-state index < -0.39 is 0 Å². The van der Waals surface area contributed by atoms with Gasteiger partial charge in [-0.1, -0.05) is 24.3 Å². The Hall–Kier alpha value is -2.10. The molecule has 0 aliphatic carbocycles. The van der Waals surface area contributed by atoms with Gasteiger partial charge in [-0.15, -0.1) is 24.0 Å². The van der Waals surface area contributed by atoms with Crippen molar-refractivity contribution >= 4 is 35.6 Å². The summed E-state index contributed by atoms with van der Waals surface area (Å²) in [6.45, 7) is 6.43. The Kier molecular flexibility index (Phi) is 7.30. The second-order valence-electron chi connectivity index (χ2n) is 6.98. The second kappa shape index (κ2) is 9.90. The van der Waals surface area contributed by atoms with Crippen LogP contribution in [-0.2, 0) is 19.5 Å². The van der Waals surface area contributed by atoms with E-state index in [1.807, 2.05) is 4.68 Å². The molecule has 4 rings (SSSR count). The molecule has 0 spiro atoms. The number of nitrogens with one attached hydrogen (secondary N) is 2. The van der Waals surface area contributed by atoms with Crippen LogP contribution in [0, 0.1) is 0 Å². The number of rotatable bonds is 5. The van der Waals surface area contributed by atoms with E-state index in [4.69, 9.17) is 4.99 Å². The lowest BCUT2D eigenvalue weighted by molar-refractivity contribution is 0.392. The maximum absolute atomic E-state index is 4.77. The molecular weight excluding hydrogens is 465 g/mol. The molecule has 28 heavy (non-hydrogen) atoms. The van der Waals surface area contributed by atoms with Crippen LogP contribution in [0.2, 0.25) is 0 Å². The Morgan fingerprint density at radius 2 is 2.00 bits per heavy atom. The van der Waals surface area contributed by atoms with Crippen molar-refractivity contribution in [2.75, 3.05) is 24.5 Å². The van der Waals surface area contributed by atoms with Crippen LogP contribution in [0.1, 0.15) is 24.7 Å². The lowest BCUT2D eigenvalue weighted by Crippen LogP contribution is -2.47. The lowest BCUT2D eigenvalue weighted by Gasteiger charge is -2.25. The second-order valence-corrected chi connectivity index (χ2v) is 6.98. The molecule has 2 aliphatic heterocycles. The zero-order chi connectivity index (χ0) is 18.5. The monoisotopic (exact) mass is 493 g/mol. The van der Waals surface area contributed by atoms with Crippen LogP contribution in [0.5, 0.6) is 0 Å². The van der Waals surface area contributed by atoms with Crippen molar-refractivity contribution in [2.45, 2.75) is 38.9 Å². The van der Waals surface area contributed by atoms with Crippen molar-refractivity contribution in [3.63, 3.8) is 0 Å². The molecule has 7 nitrogen and oxygen atoms in total. The van der Waals surface area contributed by atoms with Crippen LogP contribution in [0.15, 0.2) is 47.7 Å². The van der Waals surface area contributed by atoms with Gasteiger partial charge in [0.25, 0.3) is 0 Å². The van der Waals surface area contributed by atoms with Gasteiger partial charge in [0.1, 0.15) is 12.2 Å². The molecule has 1 aromatic heterocycles. The highest BCUT2D eigenvalue weighted by Gasteiger charge is 2.20. The molecule has 1 aromatic carbocycles. The molecule has 2 aromatic rings. The first-order valence-corrected chi connectivity index (χ1v) is 9.72. The predicted octanol–water partition coefficient (Wildman–Crippen LogP) is 2.34. The summed E-state index contributed by atoms with van der Waals surface area (Å²) in [7, 11) is 0. The summed E-state index contributed by atoms with van der Waals surface area (Å²) in [5, 5.41) is 11.2. The molecule has 0 saturated heterocycles. The topological polar surface area (TPSA) is 70.4 Å². The number of benzene rings is 1. The zero-order valence-electron chi connectivity index (χ0n) is 16.2. The molecule has 0 saturated carbocycles. The molecular formula is C20H28IN7. The molecule has 0 bridgehead atoms. The van der Waals surface area contributed by atoms with Crippen LogP contribution in [0.3, 0.4) is 0 Å². The number of hydrogen-bond acceptors (Lipinski definition) is 4. The van der Waals surface area contributed by atoms with Crippen molar-refractivity contribution in [3.05, 3.63) is 54.1 Å². The predicted molar refractivity (Wildman–Crippen MR) is 123 cm³/mol. The fraction of sp³-hybridized carbons (Fsp3) is 0.450. The van der Waals surface area contributed by atoms with Gasteiger partial charge in [-0.05, 0) is 31.0 Å². The van der Waals surface area contributed by atoms with Crippen molar-refractivity contribution in [1.29, 1.82) is 0 Å². The van der Waals surface area contributed by atoms with Crippen molar-refractivity contribution in [2.24, 2.45) is 4.99 Å². The third-order valence-corrected chi connectivity index (χ3v) is 5.03. The number of halogens is 1. The van der Waals surface area contributed by atoms with Gasteiger partial charge in [0.2, 0.25) is 0 Å². The number of hydrogen-bond donors (Lipinski definition) is 2. The molecule has 150 valence electrons. The quantitative estimate of drug-likeness (QED) is 0.290. The van der Waals surface area contributed by atoms with E-state index in [1.165, 1.54) is 11.3 Å². The molecule has 0 amide bonds. The smallest absolute Gasteiger partial charge is 0.191 e. The van der Waals surface area contributed by atoms with Gasteiger partial charge < -0.3 is 15.5 Å². The Balaban J connectivity index is 0.00000225. The SMILES string of the molecule is CCNC(=NCc1ccc(N2CC=CC2)cc1)NC1CCc2ncnn2C1.I. The number of aliphatic imine (C=N–C) groups is 1. The van der Waals surface area contributed by atoms with Crippen LogP contribution < -0.4 is 15.5 Å². The Bertz CT molecular complexity index is 804. The van der Waals surface area contributed by atoms with Crippen LogP contribution in [0.4, 0.5) is 5.69 Å². The first-order valence-electron chi connectivity index (χ1n) is 9.72. The maximum atomic E-state index is 4.77. The number of aryl methyl sites for hydroxylation is 1. The number of fused-ring (bicyclic) bond motifs is 1. The zero-order valence-corrected chi connectivity index (χ0v) is 18.5. The number of nitrogens with zero attached hydrogens (tertiary/aromatic N) is 5. The number of guanidine groups is 1. The molecule has 2 aliphatic rings. The van der Waals surface area contributed by atoms with Gasteiger partial charge in [-0.25, -0.2) is 14.7 Å². The Labute approximate surface area is 183 Å². The fourth-order valence-electron chi connectivity index (χ4n) is 3.54. The van der Waals surface area contributed by atoms with Gasteiger partial charge in [-0.2, -0.15) is 5.10 Å². The van der Waals surface area contributed by atoms with Crippen molar-refractivity contribution < 1.29 is 0 Å². The minimum atomic E-state index is 0. The average molecular weight is 493 g/mol. The first kappa shape index (κ1) is 20.6. The van der Waals surface area contributed by atoms with Gasteiger partial charge in [-0.3, -0.25) is 0 Å². The van der Waals surface area contributed by atoms with Crippen molar-refractivity contribution in [1.82, 2.24) is 25.4 Å². The van der Waals surface area contributed by atoms with Gasteiger partial charge in [0, 0.05) is 37.8 Å². The standard InChI is InChI=1S/C20H27N7.HI/c1-2-21-20(25-17-7-10-19-23-15-24-27(19)14-17)22-13-16-5-8-18(9-6-16)26-11-3-4-12-26;/h3-6,8-9,15,17H,2,7,10-14H2,1H3,(H2,21,22,25);1H. The van der Waals surface area contributed by atoms with Crippen LogP contribution in [0.25, 0.3) is 0 Å². The van der Waals surface area contributed by atoms with Gasteiger partial charge in [0.15, 0.2) is 5.96 Å². The van der Waals surface area contributed by atoms with E-state index in [0.29, 0.717) is 12.6 Å². The molecule has 3 heterocycles. The molecule has 1 atom stereocenters. The molecule has 1 unspecified atom stereocenters. The third-order valence-electron chi connectivity index (χ3n) is 5.03. The number of anilines is 1. The highest BCUT2D eigenvalue weighted by atomic mass is 127. The highest BCUT2D eigenvalue weighted by molar-refractivity contribution is 14.0. The minimum Gasteiger partial charge on any atom is -0.364 e. The maximum Gasteiger partial charge on any atom is 0.191 e. The van der Waals surface area contributed by atoms with Gasteiger partial charge >= 0.3 is 0 Å². The Morgan fingerprint density at radius 3 is 2.75 bits per heavy atom. The summed E-state index contributed by atoms with van der Waals surface area (Å²) in [5.41, 5.74) is 2.48. The molecule has 2 N–H and O–H groups in total. The first-order chi connectivity index (χ1) is 13.3. The Morgan fingerprint density at radius 1 is 1.21 bits per heavy atom. The molecule has 8 heteroatoms. The van der Waals surface area contributed by atoms with E-state index in [0.717, 1.165) is 50.8 Å². The average Bonchev–Trinajstić information content (AvgIpc) is 3.38. The molecule has 0 radical (unpaired) electrons. The van der Waals surface area contributed by atoms with Gasteiger partial charge in [0.05, 0.1) is 13.1 Å². The van der Waals surface area contributed by atoms with Crippen LogP contribution >= 0.6 is 24.0 Å². The van der Waals surface area contributed by atoms with E-state index >= 15 is 0 Å². The van der Waals surface area contributed by atoms with E-state index in [2.05, 4.69) is 69.0 Å². The number of aromatic nitrogens is 3. The fourth-order valence-corrected chi connectivity index (χ4v) is 3.54. The normalized spacial score (nSPS) is 18.5. The highest BCUT2D eigenvalue weighted by Crippen LogP contribution is 2.18. The van der Waals surface area contributed by atoms with Crippen molar-refractivity contribution in [3.8, 4) is 0 Å². The largest absolute Gasteiger partial charge is 0.364 e. The summed E-state index contributed by atoms with van der Waals surface area (Å²) >= 11 is 0. The minimum absolute atomic E-state index is 0. The lowest BCUT2D eigenvalue weighted by atomic mass is 10.1. The molecule has 0 fully saturated rings. The summed E-state index contributed by atoms with van der Waals surface area (Å²) in [4.78, 5) is 11.4. The summed E-state index contributed by atoms with van der Waals surface area (Å²) < 4.78 is 1.98. The summed E-state index contributed by atoms with van der Waals surface area (Å²) in [6.07, 6.45) is 8.05.